The van der Waals surface area contributed by atoms with Crippen LogP contribution in [-0.2, 0) is 32.0 Å². The number of aliphatic hydroxyl groups is 1. The average molecular weight is 500 g/mol. The summed E-state index contributed by atoms with van der Waals surface area (Å²) in [4.78, 5) is 49.6. The zero-order valence-corrected chi connectivity index (χ0v) is 20.1. The maximum Gasteiger partial charge on any atom is 0.243 e. The molecular weight excluding hydrogens is 466 g/mol. The molecule has 0 bridgehead atoms. The lowest BCUT2D eigenvalue weighted by Gasteiger charge is -2.20. The molecule has 8 N–H and O–H groups in total. The van der Waals surface area contributed by atoms with Crippen molar-refractivity contribution >= 4 is 23.6 Å². The molecule has 0 saturated carbocycles. The lowest BCUT2D eigenvalue weighted by Crippen LogP contribution is -2.54. The Hall–Kier alpha value is -3.96. The van der Waals surface area contributed by atoms with Gasteiger partial charge in [-0.15, -0.1) is 0 Å². The molecule has 2 aromatic carbocycles. The van der Waals surface area contributed by atoms with Crippen LogP contribution in [0.5, 0.6) is 5.75 Å². The molecule has 2 rings (SSSR count). The van der Waals surface area contributed by atoms with Crippen molar-refractivity contribution in [2.75, 3.05) is 19.7 Å². The standard InChI is InChI=1S/C25H33N5O6/c1-16(29-24(35)20(26)13-18-7-9-19(32)10-8-18)23(34)28-15-22(33)30-21(25(36)27-11-12-31)14-17-5-3-2-4-6-17/h2-10,16,20-21,31-32H,11-15,26H2,1H3,(H,27,36)(H,28,34)(H,29,35)(H,30,33). The Labute approximate surface area is 209 Å². The number of carbonyl (C=O) groups excluding carboxylic acids is 4. The lowest BCUT2D eigenvalue weighted by molar-refractivity contribution is -0.131. The summed E-state index contributed by atoms with van der Waals surface area (Å²) in [6.45, 7) is 0.856. The number of hydrogen-bond acceptors (Lipinski definition) is 7. The van der Waals surface area contributed by atoms with Crippen molar-refractivity contribution in [2.24, 2.45) is 5.73 Å². The van der Waals surface area contributed by atoms with E-state index in [4.69, 9.17) is 10.8 Å². The molecular formula is C25H33N5O6. The summed E-state index contributed by atoms with van der Waals surface area (Å²) in [5.74, 6) is -2.09. The summed E-state index contributed by atoms with van der Waals surface area (Å²) in [7, 11) is 0. The van der Waals surface area contributed by atoms with Crippen LogP contribution in [-0.4, -0.2) is 71.7 Å². The number of nitrogens with two attached hydrogens (primary N) is 1. The van der Waals surface area contributed by atoms with Gasteiger partial charge in [-0.3, -0.25) is 19.2 Å². The van der Waals surface area contributed by atoms with E-state index in [9.17, 15) is 24.3 Å². The van der Waals surface area contributed by atoms with Gasteiger partial charge in [0.15, 0.2) is 0 Å². The topological polar surface area (TPSA) is 183 Å². The van der Waals surface area contributed by atoms with Crippen molar-refractivity contribution in [2.45, 2.75) is 37.9 Å². The maximum absolute atomic E-state index is 12.4. The summed E-state index contributed by atoms with van der Waals surface area (Å²) in [5.41, 5.74) is 7.49. The second-order valence-electron chi connectivity index (χ2n) is 8.25. The molecule has 194 valence electrons. The first-order chi connectivity index (χ1) is 17.2. The number of phenolic OH excluding ortho intramolecular Hbond substituents is 1. The van der Waals surface area contributed by atoms with Gasteiger partial charge in [0.1, 0.15) is 17.8 Å². The van der Waals surface area contributed by atoms with Gasteiger partial charge in [-0.2, -0.15) is 0 Å². The smallest absolute Gasteiger partial charge is 0.243 e. The highest BCUT2D eigenvalue weighted by atomic mass is 16.3. The number of aliphatic hydroxyl groups excluding tert-OH is 1. The van der Waals surface area contributed by atoms with Gasteiger partial charge in [0.25, 0.3) is 0 Å². The van der Waals surface area contributed by atoms with Crippen LogP contribution in [0, 0.1) is 0 Å². The number of nitrogens with one attached hydrogen (secondary N) is 4. The Balaban J connectivity index is 1.83. The first-order valence-corrected chi connectivity index (χ1v) is 11.5. The van der Waals surface area contributed by atoms with Gasteiger partial charge >= 0.3 is 0 Å². The average Bonchev–Trinajstić information content (AvgIpc) is 2.87. The minimum atomic E-state index is -0.955. The highest BCUT2D eigenvalue weighted by Gasteiger charge is 2.23. The molecule has 11 heteroatoms. The van der Waals surface area contributed by atoms with Crippen molar-refractivity contribution in [3.8, 4) is 5.75 Å². The maximum atomic E-state index is 12.4. The predicted octanol–water partition coefficient (Wildman–Crippen LogP) is -1.28. The molecule has 0 aliphatic carbocycles. The second-order valence-corrected chi connectivity index (χ2v) is 8.25. The van der Waals surface area contributed by atoms with Gasteiger partial charge in [-0.25, -0.2) is 0 Å². The van der Waals surface area contributed by atoms with Gasteiger partial charge in [-0.1, -0.05) is 42.5 Å². The molecule has 36 heavy (non-hydrogen) atoms. The number of rotatable bonds is 13. The largest absolute Gasteiger partial charge is 0.508 e. The number of carbonyl (C=O) groups is 4. The van der Waals surface area contributed by atoms with E-state index in [1.165, 1.54) is 19.1 Å². The molecule has 0 radical (unpaired) electrons. The lowest BCUT2D eigenvalue weighted by atomic mass is 10.1. The Morgan fingerprint density at radius 2 is 1.47 bits per heavy atom. The Morgan fingerprint density at radius 3 is 2.11 bits per heavy atom. The van der Waals surface area contributed by atoms with Crippen LogP contribution in [0.25, 0.3) is 0 Å². The van der Waals surface area contributed by atoms with Crippen molar-refractivity contribution in [1.29, 1.82) is 0 Å². The molecule has 11 nitrogen and oxygen atoms in total. The van der Waals surface area contributed by atoms with Crippen LogP contribution in [0.15, 0.2) is 54.6 Å². The van der Waals surface area contributed by atoms with E-state index in [1.807, 2.05) is 30.3 Å². The molecule has 3 unspecified atom stereocenters. The number of hydrogen-bond donors (Lipinski definition) is 7. The highest BCUT2D eigenvalue weighted by molar-refractivity contribution is 5.93. The Bertz CT molecular complexity index is 1020. The Morgan fingerprint density at radius 1 is 0.833 bits per heavy atom. The fourth-order valence-electron chi connectivity index (χ4n) is 3.29. The zero-order valence-electron chi connectivity index (χ0n) is 20.1. The van der Waals surface area contributed by atoms with Gasteiger partial charge in [0, 0.05) is 13.0 Å². The molecule has 2 aromatic rings. The summed E-state index contributed by atoms with van der Waals surface area (Å²) in [6, 6.07) is 12.6. The molecule has 0 fully saturated rings. The van der Waals surface area contributed by atoms with Crippen LogP contribution in [0.1, 0.15) is 18.1 Å². The first-order valence-electron chi connectivity index (χ1n) is 11.5. The molecule has 0 heterocycles. The normalized spacial score (nSPS) is 13.1. The van der Waals surface area contributed by atoms with Gasteiger partial charge in [0.2, 0.25) is 23.6 Å². The predicted molar refractivity (Wildman–Crippen MR) is 133 cm³/mol. The second kappa shape index (κ2) is 14.4. The van der Waals surface area contributed by atoms with Crippen LogP contribution >= 0.6 is 0 Å². The summed E-state index contributed by atoms with van der Waals surface area (Å²) in [5, 5.41) is 28.3. The molecule has 0 aliphatic heterocycles. The van der Waals surface area contributed by atoms with Crippen LogP contribution < -0.4 is 27.0 Å². The third-order valence-corrected chi connectivity index (χ3v) is 5.25. The third-order valence-electron chi connectivity index (χ3n) is 5.25. The molecule has 0 aliphatic rings. The van der Waals surface area contributed by atoms with E-state index in [2.05, 4.69) is 21.3 Å². The van der Waals surface area contributed by atoms with Crippen molar-refractivity contribution in [3.05, 3.63) is 65.7 Å². The highest BCUT2D eigenvalue weighted by Crippen LogP contribution is 2.11. The van der Waals surface area contributed by atoms with Gasteiger partial charge in [0.05, 0.1) is 19.2 Å². The summed E-state index contributed by atoms with van der Waals surface area (Å²) >= 11 is 0. The minimum Gasteiger partial charge on any atom is -0.508 e. The third kappa shape index (κ3) is 9.72. The fourth-order valence-corrected chi connectivity index (χ4v) is 3.29. The van der Waals surface area contributed by atoms with Crippen molar-refractivity contribution in [3.63, 3.8) is 0 Å². The molecule has 0 aromatic heterocycles. The minimum absolute atomic E-state index is 0.0445. The fraction of sp³-hybridized carbons (Fsp3) is 0.360. The van der Waals surface area contributed by atoms with Crippen molar-refractivity contribution in [1.82, 2.24) is 21.3 Å². The number of phenols is 1. The van der Waals surface area contributed by atoms with E-state index in [0.717, 1.165) is 11.1 Å². The SMILES string of the molecule is CC(NC(=O)C(N)Cc1ccc(O)cc1)C(=O)NCC(=O)NC(Cc1ccccc1)C(=O)NCCO. The van der Waals surface area contributed by atoms with E-state index in [0.29, 0.717) is 0 Å². The summed E-state index contributed by atoms with van der Waals surface area (Å²) < 4.78 is 0. The van der Waals surface area contributed by atoms with E-state index < -0.39 is 48.3 Å². The quantitative estimate of drug-likeness (QED) is 0.179. The van der Waals surface area contributed by atoms with Gasteiger partial charge < -0.3 is 37.2 Å². The number of benzene rings is 2. The van der Waals surface area contributed by atoms with E-state index >= 15 is 0 Å². The van der Waals surface area contributed by atoms with Crippen LogP contribution in [0.2, 0.25) is 0 Å². The number of aromatic hydroxyl groups is 1. The van der Waals surface area contributed by atoms with Gasteiger partial charge in [-0.05, 0) is 36.6 Å². The molecule has 3 atom stereocenters. The van der Waals surface area contributed by atoms with Crippen LogP contribution in [0.3, 0.4) is 0 Å². The monoisotopic (exact) mass is 499 g/mol. The summed E-state index contributed by atoms with van der Waals surface area (Å²) in [6.07, 6.45) is 0.438. The first kappa shape index (κ1) is 28.3. The Kier molecular flexibility index (Phi) is 11.3. The zero-order chi connectivity index (χ0) is 26.5. The van der Waals surface area contributed by atoms with Crippen LogP contribution in [0.4, 0.5) is 0 Å². The van der Waals surface area contributed by atoms with Crippen molar-refractivity contribution < 1.29 is 29.4 Å². The molecule has 0 saturated heterocycles. The number of amides is 4. The van der Waals surface area contributed by atoms with E-state index in [-0.39, 0.29) is 31.7 Å². The molecule has 0 spiro atoms. The van der Waals surface area contributed by atoms with E-state index in [1.54, 1.807) is 12.1 Å². The molecule has 4 amide bonds.